The molecule has 1 atom stereocenters. The minimum atomic E-state index is -0.269. The van der Waals surface area contributed by atoms with E-state index in [2.05, 4.69) is 35.6 Å². The largest absolute Gasteiger partial charge is 0.291 e. The summed E-state index contributed by atoms with van der Waals surface area (Å²) in [5.74, 6) is 0. The van der Waals surface area contributed by atoms with Crippen molar-refractivity contribution < 1.29 is 0 Å². The van der Waals surface area contributed by atoms with Crippen LogP contribution in [0.4, 0.5) is 0 Å². The second-order valence-corrected chi connectivity index (χ2v) is 15.3. The van der Waals surface area contributed by atoms with Crippen molar-refractivity contribution in [2.45, 2.75) is 43.0 Å². The summed E-state index contributed by atoms with van der Waals surface area (Å²) in [6.07, 6.45) is 6.57. The third-order valence-corrected chi connectivity index (χ3v) is 15.9. The van der Waals surface area contributed by atoms with Crippen molar-refractivity contribution in [1.82, 2.24) is 5.32 Å². The van der Waals surface area contributed by atoms with Gasteiger partial charge in [0.2, 0.25) is 0 Å². The normalized spacial score (nSPS) is 28.1. The Morgan fingerprint density at radius 2 is 1.68 bits per heavy atom. The molecule has 1 aromatic carbocycles. The highest BCUT2D eigenvalue weighted by Gasteiger charge is 2.41. The van der Waals surface area contributed by atoms with Crippen LogP contribution in [-0.2, 0) is 4.87 Å². The molecule has 0 amide bonds. The van der Waals surface area contributed by atoms with Gasteiger partial charge >= 0.3 is 0 Å². The fourth-order valence-corrected chi connectivity index (χ4v) is 16.2. The predicted octanol–water partition coefficient (Wildman–Crippen LogP) is 7.08. The topological polar surface area (TPSA) is 12.0 Å². The van der Waals surface area contributed by atoms with Crippen molar-refractivity contribution in [3.63, 3.8) is 0 Å². The minimum Gasteiger partial charge on any atom is -0.291 e. The second-order valence-electron chi connectivity index (χ2n) is 5.25. The molecule has 1 unspecified atom stereocenters. The predicted molar refractivity (Wildman–Crippen MR) is 116 cm³/mol. The maximum atomic E-state index is 5.86. The van der Waals surface area contributed by atoms with E-state index in [1.54, 1.807) is 30.4 Å². The van der Waals surface area contributed by atoms with Crippen molar-refractivity contribution in [2.24, 2.45) is 0 Å². The summed E-state index contributed by atoms with van der Waals surface area (Å²) < 4.78 is 1.04. The van der Waals surface area contributed by atoms with Crippen molar-refractivity contribution >= 4 is 77.3 Å². The van der Waals surface area contributed by atoms with Gasteiger partial charge in [-0.3, -0.25) is 5.32 Å². The molecule has 0 spiro atoms. The highest BCUT2D eigenvalue weighted by Crippen LogP contribution is 2.62. The van der Waals surface area contributed by atoms with Crippen LogP contribution in [0.3, 0.4) is 0 Å². The van der Waals surface area contributed by atoms with Crippen LogP contribution in [0, 0.1) is 0 Å². The first-order valence-corrected chi connectivity index (χ1v) is 15.1. The molecule has 2 aliphatic rings. The summed E-state index contributed by atoms with van der Waals surface area (Å²) in [5.41, 5.74) is 1.28. The van der Waals surface area contributed by atoms with Crippen LogP contribution in [0.1, 0.15) is 37.7 Å². The Balaban J connectivity index is 1.90. The van der Waals surface area contributed by atoms with E-state index in [0.717, 1.165) is 4.20 Å². The zero-order valence-electron chi connectivity index (χ0n) is 11.9. The first kappa shape index (κ1) is 18.2. The van der Waals surface area contributed by atoms with Crippen LogP contribution in [0.2, 0.25) is 0 Å². The van der Waals surface area contributed by atoms with E-state index in [1.165, 1.54) is 37.7 Å². The van der Waals surface area contributed by atoms with E-state index in [4.69, 9.17) is 12.2 Å². The summed E-state index contributed by atoms with van der Waals surface area (Å²) >= 11 is 5.86. The average Bonchev–Trinajstić information content (AvgIpc) is 2.56. The van der Waals surface area contributed by atoms with Gasteiger partial charge in [-0.2, -0.15) is 0 Å². The summed E-state index contributed by atoms with van der Waals surface area (Å²) in [5, 5.41) is 3.95. The first-order chi connectivity index (χ1) is 10.8. The molecule has 1 nitrogen and oxygen atoms in total. The zero-order valence-corrected chi connectivity index (χ0v) is 17.6. The molecule has 1 N–H and O–H groups in total. The van der Waals surface area contributed by atoms with E-state index in [-0.39, 0.29) is 4.87 Å². The first-order valence-electron chi connectivity index (χ1n) is 7.21. The lowest BCUT2D eigenvalue weighted by atomic mass is 9.94. The van der Waals surface area contributed by atoms with Crippen LogP contribution in [0.15, 0.2) is 30.3 Å². The summed E-state index contributed by atoms with van der Waals surface area (Å²) in [6.45, 7) is 0. The molecular formula is C14H17NS7. The van der Waals surface area contributed by atoms with Crippen LogP contribution < -0.4 is 5.32 Å². The van der Waals surface area contributed by atoms with Crippen LogP contribution in [-0.4, -0.2) is 10.2 Å². The van der Waals surface area contributed by atoms with E-state index in [1.807, 2.05) is 30.4 Å². The Hall–Kier alpha value is 1.37. The van der Waals surface area contributed by atoms with Crippen molar-refractivity contribution in [3.05, 3.63) is 35.9 Å². The number of nitrogens with one attached hydrogen (secondary N) is 1. The molecule has 0 radical (unpaired) electrons. The second kappa shape index (κ2) is 9.17. The molecule has 1 saturated carbocycles. The molecular weight excluding hydrogens is 407 g/mol. The van der Waals surface area contributed by atoms with Crippen molar-refractivity contribution in [2.75, 3.05) is 0 Å². The standard InChI is InChI=1S/C14H17NS7/c16-13-14(11-7-3-1-4-8-11,18-20-22-21-19-17-13)15-12-9-5-2-6-10-12/h1,3-4,7-8,12,15H,2,5-6,9-10H2. The van der Waals surface area contributed by atoms with Gasteiger partial charge in [0.1, 0.15) is 4.87 Å². The van der Waals surface area contributed by atoms with Crippen molar-refractivity contribution in [3.8, 4) is 0 Å². The molecule has 3 rings (SSSR count). The number of thiocarbonyl (C=S) groups is 1. The highest BCUT2D eigenvalue weighted by molar-refractivity contribution is 9.43. The third-order valence-electron chi connectivity index (χ3n) is 3.83. The maximum absolute atomic E-state index is 5.86. The van der Waals surface area contributed by atoms with Gasteiger partial charge in [-0.15, -0.1) is 0 Å². The molecule has 0 aromatic heterocycles. The Kier molecular flexibility index (Phi) is 7.58. The molecule has 120 valence electrons. The van der Waals surface area contributed by atoms with Gasteiger partial charge < -0.3 is 0 Å². The molecule has 8 heteroatoms. The summed E-state index contributed by atoms with van der Waals surface area (Å²) in [6, 6.07) is 11.3. The molecule has 22 heavy (non-hydrogen) atoms. The quantitative estimate of drug-likeness (QED) is 0.403. The van der Waals surface area contributed by atoms with Crippen LogP contribution >= 0.6 is 73.1 Å². The Morgan fingerprint density at radius 1 is 0.955 bits per heavy atom. The van der Waals surface area contributed by atoms with E-state index in [0.29, 0.717) is 6.04 Å². The lowest BCUT2D eigenvalue weighted by Crippen LogP contribution is -2.49. The van der Waals surface area contributed by atoms with E-state index in [9.17, 15) is 0 Å². The van der Waals surface area contributed by atoms with Gasteiger partial charge in [-0.1, -0.05) is 61.8 Å². The lowest BCUT2D eigenvalue weighted by Gasteiger charge is -2.39. The van der Waals surface area contributed by atoms with Crippen LogP contribution in [0.25, 0.3) is 0 Å². The number of rotatable bonds is 3. The summed E-state index contributed by atoms with van der Waals surface area (Å²) in [4.78, 5) is -0.269. The number of benzene rings is 1. The van der Waals surface area contributed by atoms with Gasteiger partial charge in [0.05, 0.1) is 4.20 Å². The molecule has 1 aliphatic heterocycles. The smallest absolute Gasteiger partial charge is 0.144 e. The Bertz CT molecular complexity index is 491. The zero-order chi connectivity index (χ0) is 15.3. The van der Waals surface area contributed by atoms with Crippen LogP contribution in [0.5, 0.6) is 0 Å². The SMILES string of the molecule is S=C1SSSSSSC1(NC1CCCCC1)c1ccccc1. The number of hydrogen-bond donors (Lipinski definition) is 1. The maximum Gasteiger partial charge on any atom is 0.144 e. The molecule has 1 aromatic rings. The Labute approximate surface area is 160 Å². The fourth-order valence-electron chi connectivity index (χ4n) is 2.76. The van der Waals surface area contributed by atoms with Crippen molar-refractivity contribution in [1.29, 1.82) is 0 Å². The van der Waals surface area contributed by atoms with Gasteiger partial charge in [0.25, 0.3) is 0 Å². The highest BCUT2D eigenvalue weighted by atomic mass is 33.9. The third kappa shape index (κ3) is 4.50. The van der Waals surface area contributed by atoms with E-state index >= 15 is 0 Å². The van der Waals surface area contributed by atoms with Gasteiger partial charge in [-0.25, -0.2) is 0 Å². The molecule has 1 saturated heterocycles. The van der Waals surface area contributed by atoms with E-state index < -0.39 is 0 Å². The molecule has 2 fully saturated rings. The Morgan fingerprint density at radius 3 is 2.45 bits per heavy atom. The molecule has 1 aliphatic carbocycles. The fraction of sp³-hybridized carbons (Fsp3) is 0.500. The average molecular weight is 424 g/mol. The lowest BCUT2D eigenvalue weighted by molar-refractivity contribution is 0.355. The summed E-state index contributed by atoms with van der Waals surface area (Å²) in [7, 11) is 10.8. The minimum absolute atomic E-state index is 0.269. The molecule has 0 bridgehead atoms. The van der Waals surface area contributed by atoms with Gasteiger partial charge in [0.15, 0.2) is 0 Å². The monoisotopic (exact) mass is 423 g/mol. The molecule has 1 heterocycles. The number of hydrogen-bond acceptors (Lipinski definition) is 8. The van der Waals surface area contributed by atoms with Gasteiger partial charge in [-0.05, 0) is 79.3 Å². The van der Waals surface area contributed by atoms with Gasteiger partial charge in [0, 0.05) is 6.04 Å².